The molecule has 0 radical (unpaired) electrons. The lowest BCUT2D eigenvalue weighted by molar-refractivity contribution is -0.0247. The third-order valence-electron chi connectivity index (χ3n) is 2.04. The first kappa shape index (κ1) is 11.9. The molecule has 0 heterocycles. The average molecular weight is 208 g/mol. The van der Waals surface area contributed by atoms with Crippen molar-refractivity contribution in [3.05, 3.63) is 48.6 Å². The summed E-state index contributed by atoms with van der Waals surface area (Å²) < 4.78 is 5.25. The van der Waals surface area contributed by atoms with Gasteiger partial charge in [0.1, 0.15) is 6.10 Å². The van der Waals surface area contributed by atoms with Gasteiger partial charge in [0, 0.05) is 0 Å². The van der Waals surface area contributed by atoms with E-state index < -0.39 is 12.2 Å². The van der Waals surface area contributed by atoms with Crippen molar-refractivity contribution in [2.75, 3.05) is 6.61 Å². The fraction of sp³-hybridized carbons (Fsp3) is 0.333. The zero-order valence-corrected chi connectivity index (χ0v) is 8.54. The molecule has 0 fully saturated rings. The van der Waals surface area contributed by atoms with Crippen molar-refractivity contribution in [2.45, 2.75) is 18.8 Å². The average Bonchev–Trinajstić information content (AvgIpc) is 2.29. The second kappa shape index (κ2) is 6.35. The zero-order valence-electron chi connectivity index (χ0n) is 8.54. The highest BCUT2D eigenvalue weighted by Crippen LogP contribution is 2.02. The van der Waals surface area contributed by atoms with Crippen LogP contribution >= 0.6 is 0 Å². The molecule has 1 aromatic rings. The molecular weight excluding hydrogens is 192 g/mol. The highest BCUT2D eigenvalue weighted by Gasteiger charge is 2.12. The molecule has 1 aromatic carbocycles. The number of hydrogen-bond acceptors (Lipinski definition) is 3. The molecule has 3 nitrogen and oxygen atoms in total. The summed E-state index contributed by atoms with van der Waals surface area (Å²) in [4.78, 5) is 0. The number of ether oxygens (including phenoxy) is 1. The molecule has 0 saturated heterocycles. The lowest BCUT2D eigenvalue weighted by Gasteiger charge is -2.14. The lowest BCUT2D eigenvalue weighted by atomic mass is 10.2. The maximum Gasteiger partial charge on any atom is 0.107 e. The van der Waals surface area contributed by atoms with Gasteiger partial charge in [0.2, 0.25) is 0 Å². The van der Waals surface area contributed by atoms with Crippen molar-refractivity contribution in [2.24, 2.45) is 0 Å². The minimum atomic E-state index is -0.930. The van der Waals surface area contributed by atoms with E-state index in [9.17, 15) is 10.2 Å². The Morgan fingerprint density at radius 1 is 1.27 bits per heavy atom. The topological polar surface area (TPSA) is 49.7 Å². The van der Waals surface area contributed by atoms with Crippen LogP contribution in [0.4, 0.5) is 0 Å². The van der Waals surface area contributed by atoms with E-state index in [-0.39, 0.29) is 6.61 Å². The standard InChI is InChI=1S/C12H16O3/c1-2-11(13)12(14)9-15-8-10-6-4-3-5-7-10/h2-7,11-14H,1,8-9H2/t11-,12-/m0/s1. The summed E-state index contributed by atoms with van der Waals surface area (Å²) in [6.45, 7) is 3.91. The second-order valence-corrected chi connectivity index (χ2v) is 3.29. The molecule has 3 heteroatoms. The molecule has 1 rings (SSSR count). The molecule has 0 amide bonds. The number of rotatable bonds is 6. The monoisotopic (exact) mass is 208 g/mol. The summed E-state index contributed by atoms with van der Waals surface area (Å²) in [6, 6.07) is 9.66. The lowest BCUT2D eigenvalue weighted by Crippen LogP contribution is -2.28. The van der Waals surface area contributed by atoms with Crippen LogP contribution in [0.25, 0.3) is 0 Å². The van der Waals surface area contributed by atoms with Gasteiger partial charge in [-0.25, -0.2) is 0 Å². The van der Waals surface area contributed by atoms with Crippen molar-refractivity contribution >= 4 is 0 Å². The van der Waals surface area contributed by atoms with Gasteiger partial charge in [-0.15, -0.1) is 6.58 Å². The van der Waals surface area contributed by atoms with Gasteiger partial charge in [0.25, 0.3) is 0 Å². The van der Waals surface area contributed by atoms with Gasteiger partial charge in [-0.2, -0.15) is 0 Å². The quantitative estimate of drug-likeness (QED) is 0.688. The van der Waals surface area contributed by atoms with Crippen LogP contribution in [0.2, 0.25) is 0 Å². The molecule has 0 aliphatic rings. The molecule has 2 atom stereocenters. The molecule has 2 N–H and O–H groups in total. The van der Waals surface area contributed by atoms with E-state index in [0.717, 1.165) is 5.56 Å². The van der Waals surface area contributed by atoms with E-state index in [1.807, 2.05) is 30.3 Å². The van der Waals surface area contributed by atoms with Gasteiger partial charge in [0.15, 0.2) is 0 Å². The Hall–Kier alpha value is -1.16. The second-order valence-electron chi connectivity index (χ2n) is 3.29. The fourth-order valence-corrected chi connectivity index (χ4v) is 1.13. The normalized spacial score (nSPS) is 14.5. The summed E-state index contributed by atoms with van der Waals surface area (Å²) in [6.07, 6.45) is -0.553. The summed E-state index contributed by atoms with van der Waals surface area (Å²) in [5.41, 5.74) is 1.04. The SMILES string of the molecule is C=C[C@H](O)[C@@H](O)COCc1ccccc1. The van der Waals surface area contributed by atoms with Crippen molar-refractivity contribution in [3.63, 3.8) is 0 Å². The Labute approximate surface area is 89.6 Å². The molecule has 15 heavy (non-hydrogen) atoms. The number of benzene rings is 1. The fourth-order valence-electron chi connectivity index (χ4n) is 1.13. The van der Waals surface area contributed by atoms with Gasteiger partial charge in [-0.1, -0.05) is 36.4 Å². The first-order valence-electron chi connectivity index (χ1n) is 4.84. The molecule has 0 unspecified atom stereocenters. The first-order chi connectivity index (χ1) is 7.24. The number of hydrogen-bond donors (Lipinski definition) is 2. The molecule has 0 aliphatic carbocycles. The summed E-state index contributed by atoms with van der Waals surface area (Å²) in [5.74, 6) is 0. The van der Waals surface area contributed by atoms with Crippen molar-refractivity contribution < 1.29 is 14.9 Å². The first-order valence-corrected chi connectivity index (χ1v) is 4.84. The molecule has 0 saturated carbocycles. The Bertz CT molecular complexity index is 284. The van der Waals surface area contributed by atoms with Gasteiger partial charge in [0.05, 0.1) is 19.3 Å². The van der Waals surface area contributed by atoms with Crippen LogP contribution in [0, 0.1) is 0 Å². The van der Waals surface area contributed by atoms with E-state index in [1.165, 1.54) is 6.08 Å². The third-order valence-corrected chi connectivity index (χ3v) is 2.04. The minimum absolute atomic E-state index is 0.0993. The molecule has 82 valence electrons. The summed E-state index contributed by atoms with van der Waals surface area (Å²) in [5, 5.41) is 18.5. The Morgan fingerprint density at radius 2 is 1.93 bits per heavy atom. The van der Waals surface area contributed by atoms with Gasteiger partial charge in [-0.05, 0) is 5.56 Å². The minimum Gasteiger partial charge on any atom is -0.388 e. The Morgan fingerprint density at radius 3 is 2.53 bits per heavy atom. The molecule has 0 spiro atoms. The molecule has 0 aromatic heterocycles. The highest BCUT2D eigenvalue weighted by atomic mass is 16.5. The number of aliphatic hydroxyl groups is 2. The predicted octanol–water partition coefficient (Wildman–Crippen LogP) is 1.11. The van der Waals surface area contributed by atoms with E-state index in [1.54, 1.807) is 0 Å². The smallest absolute Gasteiger partial charge is 0.107 e. The van der Waals surface area contributed by atoms with Crippen LogP contribution in [0.5, 0.6) is 0 Å². The summed E-state index contributed by atoms with van der Waals surface area (Å²) in [7, 11) is 0. The van der Waals surface area contributed by atoms with E-state index in [0.29, 0.717) is 6.61 Å². The Kier molecular flexibility index (Phi) is 5.04. The maximum atomic E-state index is 9.35. The third kappa shape index (κ3) is 4.25. The van der Waals surface area contributed by atoms with Crippen LogP contribution in [0.3, 0.4) is 0 Å². The largest absolute Gasteiger partial charge is 0.388 e. The number of aliphatic hydroxyl groups excluding tert-OH is 2. The Balaban J connectivity index is 2.25. The maximum absolute atomic E-state index is 9.35. The van der Waals surface area contributed by atoms with Gasteiger partial charge < -0.3 is 14.9 Å². The van der Waals surface area contributed by atoms with Gasteiger partial charge in [-0.3, -0.25) is 0 Å². The van der Waals surface area contributed by atoms with Crippen LogP contribution in [-0.2, 0) is 11.3 Å². The van der Waals surface area contributed by atoms with Crippen molar-refractivity contribution in [1.82, 2.24) is 0 Å². The van der Waals surface area contributed by atoms with E-state index >= 15 is 0 Å². The zero-order chi connectivity index (χ0) is 11.1. The van der Waals surface area contributed by atoms with Crippen molar-refractivity contribution in [1.29, 1.82) is 0 Å². The van der Waals surface area contributed by atoms with E-state index in [2.05, 4.69) is 6.58 Å². The van der Waals surface area contributed by atoms with E-state index in [4.69, 9.17) is 4.74 Å². The van der Waals surface area contributed by atoms with Crippen LogP contribution < -0.4 is 0 Å². The predicted molar refractivity (Wildman–Crippen MR) is 58.3 cm³/mol. The van der Waals surface area contributed by atoms with Crippen LogP contribution in [0.1, 0.15) is 5.56 Å². The van der Waals surface area contributed by atoms with Crippen LogP contribution in [-0.4, -0.2) is 29.0 Å². The van der Waals surface area contributed by atoms with Gasteiger partial charge >= 0.3 is 0 Å². The van der Waals surface area contributed by atoms with Crippen molar-refractivity contribution in [3.8, 4) is 0 Å². The molecule has 0 aliphatic heterocycles. The molecular formula is C12H16O3. The van der Waals surface area contributed by atoms with Crippen LogP contribution in [0.15, 0.2) is 43.0 Å². The summed E-state index contributed by atoms with van der Waals surface area (Å²) >= 11 is 0. The highest BCUT2D eigenvalue weighted by molar-refractivity contribution is 5.13. The molecule has 0 bridgehead atoms.